The van der Waals surface area contributed by atoms with Gasteiger partial charge in [0.1, 0.15) is 0 Å². The third-order valence-corrected chi connectivity index (χ3v) is 5.83. The van der Waals surface area contributed by atoms with Gasteiger partial charge in [-0.15, -0.1) is 11.3 Å². The first kappa shape index (κ1) is 15.0. The number of thiophene rings is 1. The van der Waals surface area contributed by atoms with Crippen LogP contribution in [0.2, 0.25) is 0 Å². The lowest BCUT2D eigenvalue weighted by atomic mass is 10.3. The lowest BCUT2D eigenvalue weighted by Gasteiger charge is -2.20. The summed E-state index contributed by atoms with van der Waals surface area (Å²) in [5, 5.41) is 1.81. The van der Waals surface area contributed by atoms with Gasteiger partial charge >= 0.3 is 0 Å². The summed E-state index contributed by atoms with van der Waals surface area (Å²) in [4.78, 5) is 14.0. The molecule has 1 saturated heterocycles. The molecule has 1 aromatic rings. The zero-order valence-corrected chi connectivity index (χ0v) is 13.7. The van der Waals surface area contributed by atoms with E-state index in [1.165, 1.54) is 21.9 Å². The number of rotatable bonds is 2. The van der Waals surface area contributed by atoms with Gasteiger partial charge in [0.05, 0.1) is 15.6 Å². The highest BCUT2D eigenvalue weighted by Gasteiger charge is 2.24. The molecule has 5 nitrogen and oxygen atoms in total. The van der Waals surface area contributed by atoms with E-state index in [4.69, 9.17) is 0 Å². The van der Waals surface area contributed by atoms with Gasteiger partial charge in [-0.05, 0) is 28.4 Å². The summed E-state index contributed by atoms with van der Waals surface area (Å²) in [5.41, 5.74) is 0.657. The maximum atomic E-state index is 12.3. The Kier molecular flexibility index (Phi) is 4.65. The highest BCUT2D eigenvalue weighted by atomic mass is 79.9. The molecule has 106 valence electrons. The number of hydrogen-bond donors (Lipinski definition) is 0. The van der Waals surface area contributed by atoms with E-state index >= 15 is 0 Å². The highest BCUT2D eigenvalue weighted by Crippen LogP contribution is 2.22. The van der Waals surface area contributed by atoms with Crippen LogP contribution in [0.25, 0.3) is 0 Å². The Balaban J connectivity index is 2.05. The smallest absolute Gasteiger partial charge is 0.254 e. The van der Waals surface area contributed by atoms with Crippen LogP contribution in [-0.2, 0) is 10.0 Å². The molecule has 8 heteroatoms. The second kappa shape index (κ2) is 5.90. The molecule has 0 radical (unpaired) electrons. The molecule has 0 aromatic carbocycles. The van der Waals surface area contributed by atoms with Crippen molar-refractivity contribution < 1.29 is 13.2 Å². The van der Waals surface area contributed by atoms with Gasteiger partial charge in [0.2, 0.25) is 10.0 Å². The van der Waals surface area contributed by atoms with E-state index in [2.05, 4.69) is 15.9 Å². The number of amides is 1. The summed E-state index contributed by atoms with van der Waals surface area (Å²) in [6.45, 7) is 1.89. The first-order valence-electron chi connectivity index (χ1n) is 5.86. The summed E-state index contributed by atoms with van der Waals surface area (Å²) < 4.78 is 25.4. The Labute approximate surface area is 125 Å². The van der Waals surface area contributed by atoms with Crippen LogP contribution >= 0.6 is 27.3 Å². The Bertz CT molecular complexity index is 570. The Hall–Kier alpha value is -0.440. The van der Waals surface area contributed by atoms with E-state index in [0.717, 1.165) is 3.79 Å². The largest absolute Gasteiger partial charge is 0.337 e. The summed E-state index contributed by atoms with van der Waals surface area (Å²) in [5.74, 6) is -0.0303. The molecule has 1 amide bonds. The molecule has 1 aliphatic rings. The molecular weight excluding hydrogens is 352 g/mol. The normalized spacial score (nSPS) is 18.3. The van der Waals surface area contributed by atoms with Gasteiger partial charge in [0.25, 0.3) is 5.91 Å². The molecule has 0 saturated carbocycles. The molecule has 0 N–H and O–H groups in total. The molecule has 0 unspecified atom stereocenters. The minimum atomic E-state index is -3.17. The van der Waals surface area contributed by atoms with Crippen LogP contribution in [0.3, 0.4) is 0 Å². The van der Waals surface area contributed by atoms with Gasteiger partial charge in [-0.3, -0.25) is 4.79 Å². The number of carbonyl (C=O) groups is 1. The number of sulfonamides is 1. The number of hydrogen-bond acceptors (Lipinski definition) is 4. The highest BCUT2D eigenvalue weighted by molar-refractivity contribution is 9.11. The van der Waals surface area contributed by atoms with Crippen LogP contribution in [0, 0.1) is 0 Å². The Morgan fingerprint density at radius 2 is 2.05 bits per heavy atom. The molecule has 2 rings (SSSR count). The van der Waals surface area contributed by atoms with Crippen molar-refractivity contribution in [3.05, 3.63) is 20.8 Å². The SMILES string of the molecule is CS(=O)(=O)N1CCCN(C(=O)c2csc(Br)c2)CC1. The van der Waals surface area contributed by atoms with Gasteiger partial charge in [-0.25, -0.2) is 12.7 Å². The van der Waals surface area contributed by atoms with Crippen molar-refractivity contribution in [1.29, 1.82) is 0 Å². The van der Waals surface area contributed by atoms with Gasteiger partial charge in [0.15, 0.2) is 0 Å². The molecular formula is C11H15BrN2O3S2. The van der Waals surface area contributed by atoms with Crippen LogP contribution < -0.4 is 0 Å². The molecule has 2 heterocycles. The van der Waals surface area contributed by atoms with Crippen molar-refractivity contribution in [2.24, 2.45) is 0 Å². The van der Waals surface area contributed by atoms with E-state index in [0.29, 0.717) is 38.2 Å². The maximum Gasteiger partial charge on any atom is 0.254 e. The summed E-state index contributed by atoms with van der Waals surface area (Å²) in [7, 11) is -3.17. The minimum absolute atomic E-state index is 0.0303. The fourth-order valence-electron chi connectivity index (χ4n) is 2.03. The molecule has 0 spiro atoms. The average Bonchev–Trinajstić information content (AvgIpc) is 2.62. The van der Waals surface area contributed by atoms with Crippen molar-refractivity contribution in [2.45, 2.75) is 6.42 Å². The van der Waals surface area contributed by atoms with E-state index in [1.54, 1.807) is 11.0 Å². The zero-order chi connectivity index (χ0) is 14.0. The molecule has 0 aliphatic carbocycles. The monoisotopic (exact) mass is 366 g/mol. The van der Waals surface area contributed by atoms with Crippen LogP contribution in [0.5, 0.6) is 0 Å². The molecule has 19 heavy (non-hydrogen) atoms. The predicted octanol–water partition coefficient (Wildman–Crippen LogP) is 1.62. The molecule has 0 bridgehead atoms. The van der Waals surface area contributed by atoms with Gasteiger partial charge in [0, 0.05) is 31.6 Å². The maximum absolute atomic E-state index is 12.3. The van der Waals surface area contributed by atoms with E-state index in [1.807, 2.05) is 5.38 Å². The lowest BCUT2D eigenvalue weighted by molar-refractivity contribution is 0.0765. The van der Waals surface area contributed by atoms with E-state index in [9.17, 15) is 13.2 Å². The number of carbonyl (C=O) groups excluding carboxylic acids is 1. The predicted molar refractivity (Wildman–Crippen MR) is 79.0 cm³/mol. The minimum Gasteiger partial charge on any atom is -0.337 e. The summed E-state index contributed by atoms with van der Waals surface area (Å²) in [6.07, 6.45) is 1.88. The van der Waals surface area contributed by atoms with E-state index in [-0.39, 0.29) is 5.91 Å². The third kappa shape index (κ3) is 3.77. The topological polar surface area (TPSA) is 57.7 Å². The second-order valence-corrected chi connectivity index (χ2v) is 8.72. The summed E-state index contributed by atoms with van der Waals surface area (Å²) >= 11 is 4.81. The quantitative estimate of drug-likeness (QED) is 0.798. The van der Waals surface area contributed by atoms with E-state index < -0.39 is 10.0 Å². The van der Waals surface area contributed by atoms with Crippen molar-refractivity contribution in [2.75, 3.05) is 32.4 Å². The Morgan fingerprint density at radius 3 is 2.63 bits per heavy atom. The first-order chi connectivity index (χ1) is 8.88. The standard InChI is InChI=1S/C11H15BrN2O3S2/c1-19(16,17)14-4-2-3-13(5-6-14)11(15)9-7-10(12)18-8-9/h7-8H,2-6H2,1H3. The van der Waals surface area contributed by atoms with Crippen molar-refractivity contribution in [1.82, 2.24) is 9.21 Å². The van der Waals surface area contributed by atoms with Crippen LogP contribution in [0.1, 0.15) is 16.8 Å². The van der Waals surface area contributed by atoms with Gasteiger partial charge in [-0.2, -0.15) is 0 Å². The second-order valence-electron chi connectivity index (χ2n) is 4.45. The fraction of sp³-hybridized carbons (Fsp3) is 0.545. The zero-order valence-electron chi connectivity index (χ0n) is 10.5. The van der Waals surface area contributed by atoms with Crippen molar-refractivity contribution in [3.8, 4) is 0 Å². The van der Waals surface area contributed by atoms with Gasteiger partial charge < -0.3 is 4.90 Å². The van der Waals surface area contributed by atoms with Gasteiger partial charge in [-0.1, -0.05) is 0 Å². The van der Waals surface area contributed by atoms with Crippen molar-refractivity contribution in [3.63, 3.8) is 0 Å². The molecule has 1 fully saturated rings. The Morgan fingerprint density at radius 1 is 1.32 bits per heavy atom. The average molecular weight is 367 g/mol. The lowest BCUT2D eigenvalue weighted by Crippen LogP contribution is -2.36. The number of nitrogens with zero attached hydrogens (tertiary/aromatic N) is 2. The molecule has 0 atom stereocenters. The molecule has 1 aliphatic heterocycles. The fourth-order valence-corrected chi connectivity index (χ4v) is 4.04. The van der Waals surface area contributed by atoms with Crippen molar-refractivity contribution >= 4 is 43.2 Å². The molecule has 1 aromatic heterocycles. The first-order valence-corrected chi connectivity index (χ1v) is 9.38. The number of halogens is 1. The van der Waals surface area contributed by atoms with Crippen LogP contribution in [-0.4, -0.2) is 56.0 Å². The van der Waals surface area contributed by atoms with Crippen LogP contribution in [0.15, 0.2) is 15.2 Å². The van der Waals surface area contributed by atoms with Crippen LogP contribution in [0.4, 0.5) is 0 Å². The summed E-state index contributed by atoms with van der Waals surface area (Å²) in [6, 6.07) is 1.80. The third-order valence-electron chi connectivity index (χ3n) is 3.03.